The molecule has 1 N–H and O–H groups in total. The topological polar surface area (TPSA) is 104 Å². The van der Waals surface area contributed by atoms with Crippen molar-refractivity contribution in [2.24, 2.45) is 7.05 Å². The second kappa shape index (κ2) is 9.44. The number of carbonyl (C=O) groups excluding carboxylic acids is 1. The van der Waals surface area contributed by atoms with Crippen LogP contribution in [-0.2, 0) is 20.1 Å². The summed E-state index contributed by atoms with van der Waals surface area (Å²) in [5.74, 6) is -0.322. The van der Waals surface area contributed by atoms with Gasteiger partial charge in [-0.05, 0) is 31.0 Å². The third-order valence-corrected chi connectivity index (χ3v) is 5.36. The van der Waals surface area contributed by atoms with Crippen LogP contribution in [0.15, 0.2) is 38.6 Å². The molecule has 0 saturated carbocycles. The van der Waals surface area contributed by atoms with Crippen molar-refractivity contribution < 1.29 is 9.53 Å². The van der Waals surface area contributed by atoms with Gasteiger partial charge in [-0.3, -0.25) is 28.1 Å². The van der Waals surface area contributed by atoms with Crippen LogP contribution in [0.3, 0.4) is 0 Å². The Bertz CT molecular complexity index is 1370. The van der Waals surface area contributed by atoms with E-state index in [9.17, 15) is 19.2 Å². The number of methoxy groups -OCH3 is 1. The number of carbonyl (C=O) groups is 1. The van der Waals surface area contributed by atoms with E-state index in [0.29, 0.717) is 30.2 Å². The molecule has 10 heteroatoms. The molecule has 170 valence electrons. The fraction of sp³-hybridized carbons (Fsp3) is 0.364. The van der Waals surface area contributed by atoms with Crippen molar-refractivity contribution in [2.75, 3.05) is 12.4 Å². The second-order valence-electron chi connectivity index (χ2n) is 7.34. The second-order valence-corrected chi connectivity index (χ2v) is 7.78. The number of halogens is 1. The Hall–Kier alpha value is -3.33. The molecule has 0 atom stereocenters. The Kier molecular flexibility index (Phi) is 6.88. The lowest BCUT2D eigenvalue weighted by Crippen LogP contribution is -2.42. The molecule has 3 rings (SSSR count). The van der Waals surface area contributed by atoms with Gasteiger partial charge < -0.3 is 10.1 Å². The molecule has 1 amide bonds. The number of pyridine rings is 1. The van der Waals surface area contributed by atoms with Crippen LogP contribution in [0.2, 0.25) is 5.02 Å². The first-order chi connectivity index (χ1) is 15.2. The Labute approximate surface area is 188 Å². The molecule has 2 aromatic heterocycles. The van der Waals surface area contributed by atoms with Crippen molar-refractivity contribution in [3.05, 3.63) is 66.0 Å². The zero-order valence-corrected chi connectivity index (χ0v) is 19.2. The van der Waals surface area contributed by atoms with Crippen LogP contribution in [0.1, 0.15) is 37.0 Å². The predicted octanol–water partition coefficient (Wildman–Crippen LogP) is 2.60. The molecule has 3 aromatic rings. The van der Waals surface area contributed by atoms with E-state index >= 15 is 0 Å². The van der Waals surface area contributed by atoms with Crippen LogP contribution in [0.25, 0.3) is 11.0 Å². The third-order valence-electron chi connectivity index (χ3n) is 5.13. The molecule has 0 saturated heterocycles. The monoisotopic (exact) mass is 460 g/mol. The fourth-order valence-electron chi connectivity index (χ4n) is 3.69. The maximum atomic E-state index is 13.3. The summed E-state index contributed by atoms with van der Waals surface area (Å²) in [6.07, 6.45) is 1.16. The summed E-state index contributed by atoms with van der Waals surface area (Å²) in [5, 5.41) is 3.05. The smallest absolute Gasteiger partial charge is 0.332 e. The minimum atomic E-state index is -0.685. The van der Waals surface area contributed by atoms with Gasteiger partial charge in [-0.25, -0.2) is 4.79 Å². The van der Waals surface area contributed by atoms with Crippen LogP contribution in [-0.4, -0.2) is 26.7 Å². The van der Waals surface area contributed by atoms with E-state index < -0.39 is 22.7 Å². The number of anilines is 1. The van der Waals surface area contributed by atoms with E-state index in [0.717, 1.165) is 10.6 Å². The van der Waals surface area contributed by atoms with Crippen LogP contribution in [0.5, 0.6) is 5.75 Å². The summed E-state index contributed by atoms with van der Waals surface area (Å²) in [5.41, 5.74) is -1.35. The average Bonchev–Trinajstić information content (AvgIpc) is 2.76. The molecule has 0 aliphatic carbocycles. The van der Waals surface area contributed by atoms with Crippen LogP contribution in [0, 0.1) is 0 Å². The van der Waals surface area contributed by atoms with Gasteiger partial charge >= 0.3 is 5.69 Å². The van der Waals surface area contributed by atoms with E-state index in [1.165, 1.54) is 29.4 Å². The molecule has 0 unspecified atom stereocenters. The highest BCUT2D eigenvalue weighted by molar-refractivity contribution is 6.31. The molecule has 0 radical (unpaired) electrons. The lowest BCUT2D eigenvalue weighted by Gasteiger charge is -2.17. The molecule has 0 bridgehead atoms. The number of aryl methyl sites for hydroxylation is 2. The summed E-state index contributed by atoms with van der Waals surface area (Å²) in [6.45, 7) is 4.20. The van der Waals surface area contributed by atoms with Crippen molar-refractivity contribution >= 4 is 34.2 Å². The minimum absolute atomic E-state index is 0.00657. The Morgan fingerprint density at radius 2 is 1.72 bits per heavy atom. The first-order valence-corrected chi connectivity index (χ1v) is 10.6. The highest BCUT2D eigenvalue weighted by Crippen LogP contribution is 2.28. The lowest BCUT2D eigenvalue weighted by atomic mass is 10.1. The van der Waals surface area contributed by atoms with E-state index in [1.807, 2.05) is 13.8 Å². The Morgan fingerprint density at radius 1 is 1.06 bits per heavy atom. The quantitative estimate of drug-likeness (QED) is 0.583. The molecule has 0 spiro atoms. The van der Waals surface area contributed by atoms with Crippen LogP contribution in [0.4, 0.5) is 5.69 Å². The molecule has 0 aliphatic rings. The first-order valence-electron chi connectivity index (χ1n) is 10.3. The van der Waals surface area contributed by atoms with Gasteiger partial charge in [0.25, 0.3) is 17.0 Å². The van der Waals surface area contributed by atoms with E-state index in [2.05, 4.69) is 5.32 Å². The van der Waals surface area contributed by atoms with Crippen molar-refractivity contribution in [3.63, 3.8) is 0 Å². The van der Waals surface area contributed by atoms with Gasteiger partial charge in [0.05, 0.1) is 23.7 Å². The number of hydrogen-bond donors (Lipinski definition) is 1. The van der Waals surface area contributed by atoms with Crippen molar-refractivity contribution in [1.29, 1.82) is 0 Å². The number of fused-ring (bicyclic) bond motifs is 1. The van der Waals surface area contributed by atoms with Gasteiger partial charge in [0.2, 0.25) is 0 Å². The maximum absolute atomic E-state index is 13.3. The number of aromatic nitrogens is 3. The van der Waals surface area contributed by atoms with Gasteiger partial charge in [0.15, 0.2) is 0 Å². The summed E-state index contributed by atoms with van der Waals surface area (Å²) < 4.78 is 8.94. The standard InChI is InChI=1S/C22H25ClN4O5/c1-5-9-26-17(28)12-14(19(29)24-15-11-13(23)7-8-16(15)32-4)18-20(26)25(3)22(31)27(10-6-2)21(18)30/h7-8,11-12H,5-6,9-10H2,1-4H3,(H,24,29). The predicted molar refractivity (Wildman–Crippen MR) is 124 cm³/mol. The van der Waals surface area contributed by atoms with Crippen LogP contribution < -0.4 is 26.9 Å². The number of benzene rings is 1. The van der Waals surface area contributed by atoms with Crippen molar-refractivity contribution in [1.82, 2.24) is 13.7 Å². The third kappa shape index (κ3) is 4.08. The van der Waals surface area contributed by atoms with Gasteiger partial charge in [0.1, 0.15) is 11.4 Å². The zero-order valence-electron chi connectivity index (χ0n) is 18.4. The van der Waals surface area contributed by atoms with Crippen LogP contribution >= 0.6 is 11.6 Å². The molecule has 1 aromatic carbocycles. The Morgan fingerprint density at radius 3 is 2.34 bits per heavy atom. The average molecular weight is 461 g/mol. The van der Waals surface area contributed by atoms with E-state index in [4.69, 9.17) is 16.3 Å². The summed E-state index contributed by atoms with van der Waals surface area (Å²) in [6, 6.07) is 5.83. The zero-order chi connectivity index (χ0) is 23.6. The minimum Gasteiger partial charge on any atom is -0.495 e. The molecule has 0 aliphatic heterocycles. The van der Waals surface area contributed by atoms with E-state index in [-0.39, 0.29) is 28.8 Å². The Balaban J connectivity index is 2.34. The van der Waals surface area contributed by atoms with Gasteiger partial charge in [-0.2, -0.15) is 0 Å². The van der Waals surface area contributed by atoms with Gasteiger partial charge in [-0.15, -0.1) is 0 Å². The number of nitrogens with zero attached hydrogens (tertiary/aromatic N) is 3. The van der Waals surface area contributed by atoms with Crippen molar-refractivity contribution in [3.8, 4) is 5.75 Å². The SMILES string of the molecule is CCCn1c(=O)c2c(C(=O)Nc3cc(Cl)ccc3OC)cc(=O)n(CCC)c2n(C)c1=O. The number of nitrogens with one attached hydrogen (secondary N) is 1. The normalized spacial score (nSPS) is 11.0. The number of ether oxygens (including phenoxy) is 1. The molecular formula is C22H25ClN4O5. The largest absolute Gasteiger partial charge is 0.495 e. The van der Waals surface area contributed by atoms with E-state index in [1.54, 1.807) is 12.1 Å². The fourth-order valence-corrected chi connectivity index (χ4v) is 3.87. The molecule has 0 fully saturated rings. The highest BCUT2D eigenvalue weighted by Gasteiger charge is 2.23. The molecular weight excluding hydrogens is 436 g/mol. The first kappa shape index (κ1) is 23.3. The van der Waals surface area contributed by atoms with Gasteiger partial charge in [-0.1, -0.05) is 25.4 Å². The highest BCUT2D eigenvalue weighted by atomic mass is 35.5. The number of hydrogen-bond acceptors (Lipinski definition) is 5. The summed E-state index contributed by atoms with van der Waals surface area (Å²) >= 11 is 6.05. The summed E-state index contributed by atoms with van der Waals surface area (Å²) in [7, 11) is 2.93. The molecule has 2 heterocycles. The number of rotatable bonds is 7. The maximum Gasteiger partial charge on any atom is 0.332 e. The van der Waals surface area contributed by atoms with Gasteiger partial charge in [0, 0.05) is 31.2 Å². The molecule has 9 nitrogen and oxygen atoms in total. The number of amides is 1. The summed E-state index contributed by atoms with van der Waals surface area (Å²) in [4.78, 5) is 52.3. The van der Waals surface area contributed by atoms with Crippen molar-refractivity contribution in [2.45, 2.75) is 39.8 Å². The molecule has 32 heavy (non-hydrogen) atoms. The lowest BCUT2D eigenvalue weighted by molar-refractivity contribution is 0.102.